The van der Waals surface area contributed by atoms with Gasteiger partial charge < -0.3 is 10.1 Å². The Kier molecular flexibility index (Phi) is 6.88. The molecule has 3 aromatic rings. The molecule has 0 spiro atoms. The number of benzene rings is 2. The van der Waals surface area contributed by atoms with Crippen molar-refractivity contribution < 1.29 is 17.9 Å². The minimum atomic E-state index is -3.73. The molecule has 0 saturated carbocycles. The number of morpholine rings is 1. The Hall–Kier alpha value is -3.01. The fraction of sp³-hybridized carbons (Fsp3) is 0.360. The lowest BCUT2D eigenvalue weighted by Crippen LogP contribution is -2.41. The van der Waals surface area contributed by atoms with Gasteiger partial charge in [-0.25, -0.2) is 13.1 Å². The molecular weight excluding hydrogens is 452 g/mol. The van der Waals surface area contributed by atoms with Gasteiger partial charge in [-0.3, -0.25) is 4.79 Å². The van der Waals surface area contributed by atoms with E-state index in [0.717, 1.165) is 22.5 Å². The SMILES string of the molecule is CCc1ccc(C(=O)Nc2cc(C)nn2-c2cc(C)cc(C)c2)cc1S(=O)(=O)N1CCOCC1. The molecule has 1 fully saturated rings. The third-order valence-corrected chi connectivity index (χ3v) is 7.80. The molecule has 0 aliphatic carbocycles. The van der Waals surface area contributed by atoms with Crippen molar-refractivity contribution in [1.29, 1.82) is 0 Å². The highest BCUT2D eigenvalue weighted by Gasteiger charge is 2.29. The fourth-order valence-electron chi connectivity index (χ4n) is 4.20. The lowest BCUT2D eigenvalue weighted by Gasteiger charge is -2.27. The maximum absolute atomic E-state index is 13.3. The van der Waals surface area contributed by atoms with E-state index in [1.807, 2.05) is 39.8 Å². The average molecular weight is 483 g/mol. The van der Waals surface area contributed by atoms with E-state index in [1.54, 1.807) is 22.9 Å². The molecule has 1 amide bonds. The first kappa shape index (κ1) is 24.1. The van der Waals surface area contributed by atoms with Gasteiger partial charge in [-0.1, -0.05) is 19.1 Å². The fourth-order valence-corrected chi connectivity index (χ4v) is 5.93. The quantitative estimate of drug-likeness (QED) is 0.579. The van der Waals surface area contributed by atoms with Gasteiger partial charge in [-0.2, -0.15) is 9.40 Å². The van der Waals surface area contributed by atoms with Crippen LogP contribution in [0.2, 0.25) is 0 Å². The number of nitrogens with zero attached hydrogens (tertiary/aromatic N) is 3. The monoisotopic (exact) mass is 482 g/mol. The van der Waals surface area contributed by atoms with Crippen LogP contribution in [0.1, 0.15) is 39.7 Å². The van der Waals surface area contributed by atoms with Crippen molar-refractivity contribution in [3.63, 3.8) is 0 Å². The first-order chi connectivity index (χ1) is 16.2. The number of aryl methyl sites for hydroxylation is 4. The van der Waals surface area contributed by atoms with Gasteiger partial charge in [-0.05, 0) is 68.1 Å². The van der Waals surface area contributed by atoms with E-state index in [4.69, 9.17) is 4.74 Å². The molecular formula is C25H30N4O4S. The van der Waals surface area contributed by atoms with E-state index < -0.39 is 15.9 Å². The molecule has 0 bridgehead atoms. The Morgan fingerprint density at radius 2 is 1.71 bits per heavy atom. The zero-order chi connectivity index (χ0) is 24.5. The van der Waals surface area contributed by atoms with Crippen molar-refractivity contribution in [2.75, 3.05) is 31.6 Å². The maximum Gasteiger partial charge on any atom is 0.256 e. The minimum absolute atomic E-state index is 0.170. The summed E-state index contributed by atoms with van der Waals surface area (Å²) >= 11 is 0. The van der Waals surface area contributed by atoms with E-state index in [2.05, 4.69) is 16.5 Å². The lowest BCUT2D eigenvalue weighted by molar-refractivity contribution is 0.0730. The summed E-state index contributed by atoms with van der Waals surface area (Å²) in [6, 6.07) is 12.7. The molecule has 180 valence electrons. The Balaban J connectivity index is 1.67. The summed E-state index contributed by atoms with van der Waals surface area (Å²) in [5, 5.41) is 7.46. The van der Waals surface area contributed by atoms with E-state index >= 15 is 0 Å². The van der Waals surface area contributed by atoms with E-state index in [1.165, 1.54) is 10.4 Å². The molecule has 4 rings (SSSR count). The first-order valence-electron chi connectivity index (χ1n) is 11.4. The number of carbonyl (C=O) groups excluding carboxylic acids is 1. The van der Waals surface area contributed by atoms with Crippen molar-refractivity contribution in [2.45, 2.75) is 39.0 Å². The van der Waals surface area contributed by atoms with Crippen molar-refractivity contribution >= 4 is 21.7 Å². The number of amides is 1. The van der Waals surface area contributed by atoms with Gasteiger partial charge in [0.2, 0.25) is 10.0 Å². The zero-order valence-electron chi connectivity index (χ0n) is 20.0. The number of carbonyl (C=O) groups is 1. The third-order valence-electron chi connectivity index (χ3n) is 5.82. The predicted molar refractivity (Wildman–Crippen MR) is 131 cm³/mol. The molecule has 0 radical (unpaired) electrons. The molecule has 9 heteroatoms. The van der Waals surface area contributed by atoms with Gasteiger partial charge in [0.1, 0.15) is 5.82 Å². The molecule has 2 heterocycles. The molecule has 1 saturated heterocycles. The van der Waals surface area contributed by atoms with E-state index in [9.17, 15) is 13.2 Å². The number of nitrogens with one attached hydrogen (secondary N) is 1. The van der Waals surface area contributed by atoms with E-state index in [-0.39, 0.29) is 10.5 Å². The van der Waals surface area contributed by atoms with Crippen molar-refractivity contribution in [2.24, 2.45) is 0 Å². The number of aromatic nitrogens is 2. The second kappa shape index (κ2) is 9.69. The van der Waals surface area contributed by atoms with Crippen LogP contribution in [0.25, 0.3) is 5.69 Å². The Labute approximate surface area is 200 Å². The third kappa shape index (κ3) is 4.91. The van der Waals surface area contributed by atoms with Gasteiger partial charge in [0.15, 0.2) is 0 Å². The lowest BCUT2D eigenvalue weighted by atomic mass is 10.1. The van der Waals surface area contributed by atoms with Crippen LogP contribution in [0.4, 0.5) is 5.82 Å². The van der Waals surface area contributed by atoms with Gasteiger partial charge in [0, 0.05) is 24.7 Å². The van der Waals surface area contributed by atoms with Gasteiger partial charge >= 0.3 is 0 Å². The van der Waals surface area contributed by atoms with Crippen LogP contribution in [0, 0.1) is 20.8 Å². The minimum Gasteiger partial charge on any atom is -0.379 e. The largest absolute Gasteiger partial charge is 0.379 e. The molecule has 0 atom stereocenters. The Morgan fingerprint density at radius 1 is 1.03 bits per heavy atom. The number of hydrogen-bond acceptors (Lipinski definition) is 5. The molecule has 8 nitrogen and oxygen atoms in total. The number of ether oxygens (including phenoxy) is 1. The summed E-state index contributed by atoms with van der Waals surface area (Å²) in [5.74, 6) is 0.122. The molecule has 1 N–H and O–H groups in total. The molecule has 1 aromatic heterocycles. The Morgan fingerprint density at radius 3 is 2.35 bits per heavy atom. The number of anilines is 1. The summed E-state index contributed by atoms with van der Waals surface area (Å²) in [5.41, 5.74) is 4.74. The summed E-state index contributed by atoms with van der Waals surface area (Å²) in [4.78, 5) is 13.4. The van der Waals surface area contributed by atoms with Crippen LogP contribution in [0.5, 0.6) is 0 Å². The molecule has 2 aromatic carbocycles. The molecule has 34 heavy (non-hydrogen) atoms. The zero-order valence-corrected chi connectivity index (χ0v) is 20.8. The van der Waals surface area contributed by atoms with Crippen LogP contribution in [0.15, 0.2) is 47.4 Å². The van der Waals surface area contributed by atoms with Crippen molar-refractivity contribution in [3.05, 3.63) is 70.4 Å². The summed E-state index contributed by atoms with van der Waals surface area (Å²) in [6.07, 6.45) is 0.541. The van der Waals surface area contributed by atoms with E-state index in [0.29, 0.717) is 44.1 Å². The summed E-state index contributed by atoms with van der Waals surface area (Å²) in [6.45, 7) is 9.11. The number of sulfonamides is 1. The molecule has 0 unspecified atom stereocenters. The highest BCUT2D eigenvalue weighted by Crippen LogP contribution is 2.25. The summed E-state index contributed by atoms with van der Waals surface area (Å²) in [7, 11) is -3.73. The maximum atomic E-state index is 13.3. The van der Waals surface area contributed by atoms with Crippen LogP contribution in [-0.4, -0.2) is 54.7 Å². The second-order valence-corrected chi connectivity index (χ2v) is 10.5. The topological polar surface area (TPSA) is 93.5 Å². The standard InChI is InChI=1S/C25H30N4O4S/c1-5-20-6-7-21(16-23(20)34(31,32)28-8-10-33-11-9-28)25(30)26-24-15-19(4)27-29(24)22-13-17(2)12-18(3)14-22/h6-7,12-16H,5,8-11H2,1-4H3,(H,26,30). The number of hydrogen-bond donors (Lipinski definition) is 1. The first-order valence-corrected chi connectivity index (χ1v) is 12.8. The van der Waals surface area contributed by atoms with Gasteiger partial charge in [0.25, 0.3) is 5.91 Å². The highest BCUT2D eigenvalue weighted by molar-refractivity contribution is 7.89. The second-order valence-electron chi connectivity index (χ2n) is 8.58. The average Bonchev–Trinajstić information content (AvgIpc) is 3.18. The van der Waals surface area contributed by atoms with Crippen LogP contribution in [-0.2, 0) is 21.2 Å². The molecule has 1 aliphatic heterocycles. The van der Waals surface area contributed by atoms with Crippen LogP contribution < -0.4 is 5.32 Å². The summed E-state index contributed by atoms with van der Waals surface area (Å²) < 4.78 is 35.1. The van der Waals surface area contributed by atoms with Gasteiger partial charge in [0.05, 0.1) is 29.5 Å². The van der Waals surface area contributed by atoms with Crippen molar-refractivity contribution in [1.82, 2.24) is 14.1 Å². The van der Waals surface area contributed by atoms with Crippen LogP contribution >= 0.6 is 0 Å². The molecule has 1 aliphatic rings. The predicted octanol–water partition coefficient (Wildman–Crippen LogP) is 3.63. The van der Waals surface area contributed by atoms with Gasteiger partial charge in [-0.15, -0.1) is 0 Å². The number of rotatable bonds is 6. The van der Waals surface area contributed by atoms with Crippen LogP contribution in [0.3, 0.4) is 0 Å². The smallest absolute Gasteiger partial charge is 0.256 e. The highest BCUT2D eigenvalue weighted by atomic mass is 32.2. The Bertz CT molecular complexity index is 1300. The van der Waals surface area contributed by atoms with Crippen molar-refractivity contribution in [3.8, 4) is 5.69 Å². The normalized spacial score (nSPS) is 14.8.